The first-order valence-corrected chi connectivity index (χ1v) is 8.29. The summed E-state index contributed by atoms with van der Waals surface area (Å²) in [5.41, 5.74) is -0.568. The van der Waals surface area contributed by atoms with Gasteiger partial charge in [-0.15, -0.1) is 0 Å². The second kappa shape index (κ2) is 6.80. The summed E-state index contributed by atoms with van der Waals surface area (Å²) in [6, 6.07) is 0. The van der Waals surface area contributed by atoms with Gasteiger partial charge in [0, 0.05) is 25.9 Å². The quantitative estimate of drug-likeness (QED) is 0.752. The van der Waals surface area contributed by atoms with Gasteiger partial charge in [0.05, 0.1) is 5.92 Å². The molecule has 0 N–H and O–H groups in total. The predicted molar refractivity (Wildman–Crippen MR) is 82.5 cm³/mol. The van der Waals surface area contributed by atoms with Crippen LogP contribution in [0.15, 0.2) is 0 Å². The second-order valence-electron chi connectivity index (χ2n) is 7.52. The molecule has 0 aromatic heterocycles. The molecule has 1 aliphatic carbocycles. The first-order valence-electron chi connectivity index (χ1n) is 8.29. The maximum atomic E-state index is 12.4. The van der Waals surface area contributed by atoms with Crippen LogP contribution in [-0.2, 0) is 14.3 Å². The molecule has 1 unspecified atom stereocenters. The fourth-order valence-corrected chi connectivity index (χ4v) is 3.25. The molecule has 0 bridgehead atoms. The summed E-state index contributed by atoms with van der Waals surface area (Å²) in [5.74, 6) is -0.243. The zero-order chi connectivity index (χ0) is 16.3. The van der Waals surface area contributed by atoms with E-state index in [0.29, 0.717) is 18.9 Å². The molecule has 0 aromatic rings. The van der Waals surface area contributed by atoms with Crippen molar-refractivity contribution < 1.29 is 19.1 Å². The molecule has 5 heteroatoms. The summed E-state index contributed by atoms with van der Waals surface area (Å²) < 4.78 is 5.34. The number of carbonyl (C=O) groups excluding carboxylic acids is 3. The normalized spacial score (nSPS) is 23.7. The molecule has 1 saturated carbocycles. The number of ketones is 2. The Morgan fingerprint density at radius 1 is 1.23 bits per heavy atom. The molecule has 1 atom stereocenters. The molecule has 2 fully saturated rings. The fraction of sp³-hybridized carbons (Fsp3) is 0.824. The molecule has 0 aromatic carbocycles. The standard InChI is InChI=1S/C17H27NO4/c1-17(2,3)22-16(21)18-9-8-14(19)13(11-18)15(20)10-12-6-4-5-7-12/h12-13H,4-11H2,1-3H3. The largest absolute Gasteiger partial charge is 0.444 e. The van der Waals surface area contributed by atoms with Gasteiger partial charge in [-0.3, -0.25) is 9.59 Å². The van der Waals surface area contributed by atoms with Crippen LogP contribution in [-0.4, -0.2) is 41.3 Å². The molecule has 2 rings (SSSR count). The number of ether oxygens (including phenoxy) is 1. The second-order valence-corrected chi connectivity index (χ2v) is 7.52. The van der Waals surface area contributed by atoms with Crippen molar-refractivity contribution in [1.82, 2.24) is 4.90 Å². The van der Waals surface area contributed by atoms with E-state index in [1.165, 1.54) is 17.7 Å². The summed E-state index contributed by atoms with van der Waals surface area (Å²) in [6.07, 6.45) is 4.84. The lowest BCUT2D eigenvalue weighted by Crippen LogP contribution is -2.48. The van der Waals surface area contributed by atoms with Crippen molar-refractivity contribution >= 4 is 17.7 Å². The molecule has 22 heavy (non-hydrogen) atoms. The number of amides is 1. The third-order valence-electron chi connectivity index (χ3n) is 4.42. The van der Waals surface area contributed by atoms with Crippen LogP contribution in [0, 0.1) is 11.8 Å². The Morgan fingerprint density at radius 3 is 2.45 bits per heavy atom. The number of piperidine rings is 1. The molecule has 1 saturated heterocycles. The molecule has 1 heterocycles. The van der Waals surface area contributed by atoms with Crippen LogP contribution in [0.3, 0.4) is 0 Å². The number of Topliss-reactive ketones (excluding diaryl/α,β-unsaturated/α-hetero) is 2. The lowest BCUT2D eigenvalue weighted by Gasteiger charge is -2.33. The van der Waals surface area contributed by atoms with Crippen LogP contribution in [0.5, 0.6) is 0 Å². The Labute approximate surface area is 132 Å². The zero-order valence-electron chi connectivity index (χ0n) is 13.9. The third kappa shape index (κ3) is 4.55. The number of hydrogen-bond donors (Lipinski definition) is 0. The highest BCUT2D eigenvalue weighted by Gasteiger charge is 2.36. The van der Waals surface area contributed by atoms with Crippen molar-refractivity contribution in [2.75, 3.05) is 13.1 Å². The number of nitrogens with zero attached hydrogens (tertiary/aromatic N) is 1. The van der Waals surface area contributed by atoms with Gasteiger partial charge in [-0.1, -0.05) is 25.7 Å². The van der Waals surface area contributed by atoms with Crippen molar-refractivity contribution in [2.24, 2.45) is 11.8 Å². The molecule has 0 spiro atoms. The van der Waals surface area contributed by atoms with E-state index in [9.17, 15) is 14.4 Å². The molecule has 1 amide bonds. The van der Waals surface area contributed by atoms with E-state index >= 15 is 0 Å². The maximum Gasteiger partial charge on any atom is 0.410 e. The van der Waals surface area contributed by atoms with Crippen LogP contribution >= 0.6 is 0 Å². The monoisotopic (exact) mass is 309 g/mol. The van der Waals surface area contributed by atoms with E-state index in [1.807, 2.05) is 20.8 Å². The average Bonchev–Trinajstić information content (AvgIpc) is 2.89. The summed E-state index contributed by atoms with van der Waals surface area (Å²) in [6.45, 7) is 5.95. The highest BCUT2D eigenvalue weighted by molar-refractivity contribution is 6.03. The van der Waals surface area contributed by atoms with Crippen molar-refractivity contribution in [1.29, 1.82) is 0 Å². The molecule has 0 radical (unpaired) electrons. The highest BCUT2D eigenvalue weighted by Crippen LogP contribution is 2.29. The van der Waals surface area contributed by atoms with E-state index in [2.05, 4.69) is 0 Å². The number of carbonyl (C=O) groups is 3. The Hall–Kier alpha value is -1.39. The Morgan fingerprint density at radius 2 is 1.86 bits per heavy atom. The van der Waals surface area contributed by atoms with Crippen LogP contribution in [0.4, 0.5) is 4.79 Å². The van der Waals surface area contributed by atoms with Gasteiger partial charge in [0.2, 0.25) is 0 Å². The Balaban J connectivity index is 1.93. The van der Waals surface area contributed by atoms with Gasteiger partial charge in [0.25, 0.3) is 0 Å². The molecule has 5 nitrogen and oxygen atoms in total. The minimum atomic E-state index is -0.651. The van der Waals surface area contributed by atoms with Crippen LogP contribution in [0.2, 0.25) is 0 Å². The van der Waals surface area contributed by atoms with Gasteiger partial charge in [-0.25, -0.2) is 4.79 Å². The molecular weight excluding hydrogens is 282 g/mol. The Kier molecular flexibility index (Phi) is 5.24. The van der Waals surface area contributed by atoms with E-state index in [0.717, 1.165) is 12.8 Å². The van der Waals surface area contributed by atoms with E-state index in [4.69, 9.17) is 4.74 Å². The molecule has 2 aliphatic rings. The fourth-order valence-electron chi connectivity index (χ4n) is 3.25. The first kappa shape index (κ1) is 17.0. The summed E-state index contributed by atoms with van der Waals surface area (Å²) in [7, 11) is 0. The zero-order valence-corrected chi connectivity index (χ0v) is 13.9. The molecule has 1 aliphatic heterocycles. The van der Waals surface area contributed by atoms with Crippen LogP contribution in [0.25, 0.3) is 0 Å². The predicted octanol–water partition coefficient (Wildman–Crippen LogP) is 2.96. The first-order chi connectivity index (χ1) is 10.3. The maximum absolute atomic E-state index is 12.4. The average molecular weight is 309 g/mol. The number of rotatable bonds is 3. The lowest BCUT2D eigenvalue weighted by atomic mass is 9.87. The highest BCUT2D eigenvalue weighted by atomic mass is 16.6. The van der Waals surface area contributed by atoms with Crippen molar-refractivity contribution in [3.63, 3.8) is 0 Å². The third-order valence-corrected chi connectivity index (χ3v) is 4.42. The van der Waals surface area contributed by atoms with Crippen LogP contribution in [0.1, 0.15) is 59.3 Å². The van der Waals surface area contributed by atoms with Crippen molar-refractivity contribution in [3.8, 4) is 0 Å². The van der Waals surface area contributed by atoms with Gasteiger partial charge in [0.15, 0.2) is 0 Å². The van der Waals surface area contributed by atoms with Gasteiger partial charge < -0.3 is 9.64 Å². The number of likely N-dealkylation sites (tertiary alicyclic amines) is 1. The van der Waals surface area contributed by atoms with Gasteiger partial charge in [-0.05, 0) is 26.7 Å². The minimum Gasteiger partial charge on any atom is -0.444 e. The van der Waals surface area contributed by atoms with E-state index in [1.54, 1.807) is 0 Å². The van der Waals surface area contributed by atoms with E-state index < -0.39 is 17.6 Å². The van der Waals surface area contributed by atoms with Gasteiger partial charge >= 0.3 is 6.09 Å². The summed E-state index contributed by atoms with van der Waals surface area (Å²) >= 11 is 0. The number of hydrogen-bond acceptors (Lipinski definition) is 4. The van der Waals surface area contributed by atoms with Crippen molar-refractivity contribution in [2.45, 2.75) is 64.9 Å². The lowest BCUT2D eigenvalue weighted by molar-refractivity contribution is -0.136. The van der Waals surface area contributed by atoms with E-state index in [-0.39, 0.29) is 24.5 Å². The smallest absolute Gasteiger partial charge is 0.410 e. The van der Waals surface area contributed by atoms with Crippen molar-refractivity contribution in [3.05, 3.63) is 0 Å². The topological polar surface area (TPSA) is 63.7 Å². The SMILES string of the molecule is CC(C)(C)OC(=O)N1CCC(=O)C(C(=O)CC2CCCC2)C1. The summed E-state index contributed by atoms with van der Waals surface area (Å²) in [4.78, 5) is 38.1. The van der Waals surface area contributed by atoms with Gasteiger partial charge in [0.1, 0.15) is 17.2 Å². The molecular formula is C17H27NO4. The molecule has 124 valence electrons. The van der Waals surface area contributed by atoms with Crippen LogP contribution < -0.4 is 0 Å². The van der Waals surface area contributed by atoms with Gasteiger partial charge in [-0.2, -0.15) is 0 Å². The Bertz CT molecular complexity index is 446. The minimum absolute atomic E-state index is 0.00478. The summed E-state index contributed by atoms with van der Waals surface area (Å²) in [5, 5.41) is 0.